The lowest BCUT2D eigenvalue weighted by atomic mass is 9.84. The second kappa shape index (κ2) is 12.5. The van der Waals surface area contributed by atoms with Crippen molar-refractivity contribution in [3.63, 3.8) is 0 Å². The average molecular weight is 486 g/mol. The maximum atomic E-state index is 13.2. The van der Waals surface area contributed by atoms with Gasteiger partial charge in [-0.25, -0.2) is 4.99 Å². The third-order valence-electron chi connectivity index (χ3n) is 7.10. The first-order valence-corrected chi connectivity index (χ1v) is 12.6. The van der Waals surface area contributed by atoms with Gasteiger partial charge in [-0.05, 0) is 55.7 Å². The Kier molecular flexibility index (Phi) is 9.47. The van der Waals surface area contributed by atoms with Gasteiger partial charge in [0.05, 0.1) is 11.7 Å². The van der Waals surface area contributed by atoms with Crippen LogP contribution in [0.2, 0.25) is 0 Å². The van der Waals surface area contributed by atoms with Crippen molar-refractivity contribution in [1.82, 2.24) is 10.6 Å². The number of rotatable bonds is 10. The molecular formula is C25H39N7O3. The molecule has 10 N–H and O–H groups in total. The number of guanidine groups is 1. The molecule has 3 rings (SSSR count). The van der Waals surface area contributed by atoms with E-state index in [1.54, 1.807) is 12.1 Å². The first-order valence-electron chi connectivity index (χ1n) is 12.6. The minimum absolute atomic E-state index is 0.0288. The molecule has 0 radical (unpaired) electrons. The predicted octanol–water partition coefficient (Wildman–Crippen LogP) is 0.687. The van der Waals surface area contributed by atoms with Gasteiger partial charge >= 0.3 is 0 Å². The Morgan fingerprint density at radius 3 is 2.23 bits per heavy atom. The summed E-state index contributed by atoms with van der Waals surface area (Å²) in [5, 5.41) is 5.94. The largest absolute Gasteiger partial charge is 0.370 e. The summed E-state index contributed by atoms with van der Waals surface area (Å²) in [5.74, 6) is -0.756. The number of primary amides is 1. The van der Waals surface area contributed by atoms with Crippen molar-refractivity contribution >= 4 is 29.4 Å². The topological polar surface area (TPSA) is 192 Å². The van der Waals surface area contributed by atoms with Crippen LogP contribution in [0.3, 0.4) is 0 Å². The van der Waals surface area contributed by atoms with Crippen LogP contribution in [-0.4, -0.2) is 41.8 Å². The molecule has 1 aromatic rings. The molecule has 1 aromatic carbocycles. The van der Waals surface area contributed by atoms with Gasteiger partial charge in [-0.15, -0.1) is 0 Å². The monoisotopic (exact) mass is 485 g/mol. The number of carbonyl (C=O) groups is 3. The Labute approximate surface area is 206 Å². The smallest absolute Gasteiger partial charge is 0.242 e. The zero-order valence-electron chi connectivity index (χ0n) is 20.2. The van der Waals surface area contributed by atoms with Crippen LogP contribution in [0.25, 0.3) is 0 Å². The van der Waals surface area contributed by atoms with Gasteiger partial charge in [-0.2, -0.15) is 0 Å². The first-order chi connectivity index (χ1) is 16.7. The third kappa shape index (κ3) is 8.24. The number of carbonyl (C=O) groups excluding carboxylic acids is 3. The van der Waals surface area contributed by atoms with Crippen LogP contribution in [0.15, 0.2) is 29.3 Å². The summed E-state index contributed by atoms with van der Waals surface area (Å²) in [7, 11) is 0. The molecule has 35 heavy (non-hydrogen) atoms. The molecule has 2 saturated carbocycles. The number of hydrogen-bond donors (Lipinski definition) is 6. The molecule has 2 aliphatic carbocycles. The summed E-state index contributed by atoms with van der Waals surface area (Å²) in [4.78, 5) is 41.6. The van der Waals surface area contributed by atoms with E-state index < -0.39 is 12.1 Å². The van der Waals surface area contributed by atoms with E-state index in [4.69, 9.17) is 22.9 Å². The Bertz CT molecular complexity index is 908. The zero-order valence-corrected chi connectivity index (χ0v) is 20.2. The number of benzene rings is 1. The van der Waals surface area contributed by atoms with Crippen LogP contribution in [0.5, 0.6) is 0 Å². The van der Waals surface area contributed by atoms with E-state index in [1.165, 1.54) is 6.42 Å². The van der Waals surface area contributed by atoms with E-state index in [-0.39, 0.29) is 35.6 Å². The van der Waals surface area contributed by atoms with Gasteiger partial charge in [-0.3, -0.25) is 14.4 Å². The van der Waals surface area contributed by atoms with Crippen molar-refractivity contribution in [2.24, 2.45) is 39.8 Å². The quantitative estimate of drug-likeness (QED) is 0.208. The van der Waals surface area contributed by atoms with Crippen molar-refractivity contribution in [3.05, 3.63) is 29.8 Å². The van der Waals surface area contributed by atoms with Crippen LogP contribution >= 0.6 is 0 Å². The van der Waals surface area contributed by atoms with Crippen molar-refractivity contribution in [2.45, 2.75) is 82.3 Å². The number of nitrogens with two attached hydrogens (primary N) is 4. The van der Waals surface area contributed by atoms with Gasteiger partial charge in [0.25, 0.3) is 0 Å². The molecule has 0 unspecified atom stereocenters. The molecule has 2 aliphatic rings. The van der Waals surface area contributed by atoms with Crippen molar-refractivity contribution < 1.29 is 14.4 Å². The third-order valence-corrected chi connectivity index (χ3v) is 7.10. The normalized spacial score (nSPS) is 22.1. The summed E-state index contributed by atoms with van der Waals surface area (Å²) < 4.78 is 0. The number of nitrogens with one attached hydrogen (secondary N) is 2. The molecule has 0 spiro atoms. The summed E-state index contributed by atoms with van der Waals surface area (Å²) >= 11 is 0. The summed E-state index contributed by atoms with van der Waals surface area (Å²) in [5.41, 5.74) is 23.9. The van der Waals surface area contributed by atoms with E-state index in [9.17, 15) is 14.4 Å². The lowest BCUT2D eigenvalue weighted by molar-refractivity contribution is -0.130. The fraction of sp³-hybridized carbons (Fsp3) is 0.600. The van der Waals surface area contributed by atoms with E-state index in [1.807, 2.05) is 12.1 Å². The van der Waals surface area contributed by atoms with Crippen LogP contribution < -0.4 is 33.6 Å². The van der Waals surface area contributed by atoms with Crippen LogP contribution in [-0.2, 0) is 20.8 Å². The molecule has 0 aliphatic heterocycles. The number of hydrogen-bond acceptors (Lipinski definition) is 5. The molecule has 2 fully saturated rings. The van der Waals surface area contributed by atoms with Crippen LogP contribution in [0, 0.1) is 11.8 Å². The maximum absolute atomic E-state index is 13.2. The van der Waals surface area contributed by atoms with Gasteiger partial charge in [0.2, 0.25) is 17.7 Å². The highest BCUT2D eigenvalue weighted by Gasteiger charge is 2.33. The SMILES string of the molecule is NC(=O)[C@H]1CC[C@@H](NC(=O)[C@H](CC2CCCCC2)NC(=O)[C@@H](N)Cc2ccc(N=C(N)N)cc2)C1. The molecule has 4 atom stereocenters. The Morgan fingerprint density at radius 1 is 0.943 bits per heavy atom. The second-order valence-corrected chi connectivity index (χ2v) is 9.93. The van der Waals surface area contributed by atoms with E-state index in [0.717, 1.165) is 31.2 Å². The molecule has 0 heterocycles. The summed E-state index contributed by atoms with van der Waals surface area (Å²) in [6, 6.07) is 5.56. The van der Waals surface area contributed by atoms with Crippen LogP contribution in [0.1, 0.15) is 63.4 Å². The molecule has 0 bridgehead atoms. The van der Waals surface area contributed by atoms with Crippen molar-refractivity contribution in [1.29, 1.82) is 0 Å². The number of aliphatic imine (C=N–C) groups is 1. The minimum Gasteiger partial charge on any atom is -0.370 e. The van der Waals surface area contributed by atoms with Gasteiger partial charge in [0, 0.05) is 12.0 Å². The van der Waals surface area contributed by atoms with E-state index in [2.05, 4.69) is 15.6 Å². The standard InChI is InChI=1S/C25H39N7O3/c26-20(12-16-6-9-18(10-7-16)31-25(28)29)23(34)32-21(13-15-4-2-1-3-5-15)24(35)30-19-11-8-17(14-19)22(27)33/h6-7,9-10,15,17,19-21H,1-5,8,11-14,26H2,(H2,27,33)(H,30,35)(H,32,34)(H4,28,29,31)/t17-,19+,20-,21-/m0/s1. The summed E-state index contributed by atoms with van der Waals surface area (Å²) in [6.45, 7) is 0. The van der Waals surface area contributed by atoms with Gasteiger partial charge in [0.15, 0.2) is 5.96 Å². The highest BCUT2D eigenvalue weighted by Crippen LogP contribution is 2.28. The number of amides is 3. The Morgan fingerprint density at radius 2 is 1.63 bits per heavy atom. The van der Waals surface area contributed by atoms with Crippen molar-refractivity contribution in [3.8, 4) is 0 Å². The molecule has 192 valence electrons. The molecule has 3 amide bonds. The van der Waals surface area contributed by atoms with E-state index >= 15 is 0 Å². The number of nitrogens with zero attached hydrogens (tertiary/aromatic N) is 1. The molecule has 0 saturated heterocycles. The molecule has 0 aromatic heterocycles. The first kappa shape index (κ1) is 26.5. The molecule has 10 heteroatoms. The van der Waals surface area contributed by atoms with Crippen LogP contribution in [0.4, 0.5) is 5.69 Å². The average Bonchev–Trinajstić information content (AvgIpc) is 3.29. The predicted molar refractivity (Wildman–Crippen MR) is 135 cm³/mol. The highest BCUT2D eigenvalue weighted by molar-refractivity contribution is 5.90. The highest BCUT2D eigenvalue weighted by atomic mass is 16.2. The lowest BCUT2D eigenvalue weighted by Crippen LogP contribution is -2.54. The van der Waals surface area contributed by atoms with Gasteiger partial charge in [0.1, 0.15) is 6.04 Å². The fourth-order valence-corrected chi connectivity index (χ4v) is 5.14. The molecule has 10 nitrogen and oxygen atoms in total. The fourth-order valence-electron chi connectivity index (χ4n) is 5.14. The van der Waals surface area contributed by atoms with Crippen molar-refractivity contribution in [2.75, 3.05) is 0 Å². The molecular weight excluding hydrogens is 446 g/mol. The minimum atomic E-state index is -0.809. The van der Waals surface area contributed by atoms with Gasteiger partial charge < -0.3 is 33.6 Å². The maximum Gasteiger partial charge on any atom is 0.242 e. The zero-order chi connectivity index (χ0) is 25.4. The lowest BCUT2D eigenvalue weighted by Gasteiger charge is -2.28. The Balaban J connectivity index is 1.60. The summed E-state index contributed by atoms with van der Waals surface area (Å²) in [6.07, 6.45) is 8.44. The van der Waals surface area contributed by atoms with E-state index in [0.29, 0.717) is 43.7 Å². The van der Waals surface area contributed by atoms with Gasteiger partial charge in [-0.1, -0.05) is 44.2 Å². The Hall–Kier alpha value is -3.14. The second-order valence-electron chi connectivity index (χ2n) is 9.93.